The van der Waals surface area contributed by atoms with Crippen molar-refractivity contribution in [2.24, 2.45) is 0 Å². The van der Waals surface area contributed by atoms with Crippen LogP contribution in [0.25, 0.3) is 0 Å². The number of hydrogen-bond donors (Lipinski definition) is 1. The quantitative estimate of drug-likeness (QED) is 0.716. The highest BCUT2D eigenvalue weighted by molar-refractivity contribution is 7.95. The molecule has 126 valence electrons. The van der Waals surface area contributed by atoms with Gasteiger partial charge >= 0.3 is 0 Å². The Kier molecular flexibility index (Phi) is 4.94. The fourth-order valence-corrected chi connectivity index (χ4v) is 7.96. The van der Waals surface area contributed by atoms with Gasteiger partial charge in [0.2, 0.25) is 0 Å². The summed E-state index contributed by atoms with van der Waals surface area (Å²) >= 11 is 0. The molecule has 4 rings (SSSR count). The number of rotatable bonds is 5. The van der Waals surface area contributed by atoms with Crippen LogP contribution in [0.1, 0.15) is 0 Å². The summed E-state index contributed by atoms with van der Waals surface area (Å²) in [6.45, 7) is 1.73. The second kappa shape index (κ2) is 7.49. The van der Waals surface area contributed by atoms with E-state index >= 15 is 0 Å². The maximum atomic E-state index is 5.99. The molecule has 0 aromatic heterocycles. The van der Waals surface area contributed by atoms with Crippen molar-refractivity contribution in [2.45, 2.75) is 6.23 Å². The van der Waals surface area contributed by atoms with Crippen molar-refractivity contribution < 1.29 is 4.74 Å². The van der Waals surface area contributed by atoms with E-state index in [0.29, 0.717) is 0 Å². The minimum absolute atomic E-state index is 0.106. The van der Waals surface area contributed by atoms with Gasteiger partial charge in [0.05, 0.1) is 6.61 Å². The molecular formula is C22H23NOP+. The minimum atomic E-state index is -1.79. The van der Waals surface area contributed by atoms with Gasteiger partial charge in [0, 0.05) is 6.54 Å². The first kappa shape index (κ1) is 16.5. The molecule has 2 nitrogen and oxygen atoms in total. The first-order valence-electron chi connectivity index (χ1n) is 8.79. The van der Waals surface area contributed by atoms with Crippen LogP contribution in [0.15, 0.2) is 91.0 Å². The van der Waals surface area contributed by atoms with Crippen LogP contribution in [0.4, 0.5) is 0 Å². The van der Waals surface area contributed by atoms with E-state index in [1.807, 2.05) is 0 Å². The highest BCUT2D eigenvalue weighted by atomic mass is 31.2. The largest absolute Gasteiger partial charge is 0.358 e. The average Bonchev–Trinajstić information content (AvgIpc) is 3.21. The van der Waals surface area contributed by atoms with Gasteiger partial charge in [-0.3, -0.25) is 5.32 Å². The van der Waals surface area contributed by atoms with Crippen LogP contribution in [0.2, 0.25) is 0 Å². The monoisotopic (exact) mass is 348 g/mol. The first-order chi connectivity index (χ1) is 12.4. The standard InChI is InChI=1S/C22H23NOP/c1-4-10-19(11-5-1)25(18-22-23-16-17-24-22,20-12-6-2-7-13-20)21-14-8-3-9-15-21/h1-15,22-23H,16-18H2/q+1. The van der Waals surface area contributed by atoms with E-state index < -0.39 is 7.26 Å². The Bertz CT molecular complexity index is 689. The second-order valence-electron chi connectivity index (χ2n) is 6.31. The number of benzene rings is 3. The zero-order valence-electron chi connectivity index (χ0n) is 14.2. The molecule has 0 aliphatic carbocycles. The molecule has 1 atom stereocenters. The van der Waals surface area contributed by atoms with E-state index in [2.05, 4.69) is 96.3 Å². The van der Waals surface area contributed by atoms with Crippen molar-refractivity contribution in [2.75, 3.05) is 19.3 Å². The Morgan fingerprint density at radius 3 is 1.52 bits per heavy atom. The summed E-state index contributed by atoms with van der Waals surface area (Å²) in [6.07, 6.45) is 1.08. The average molecular weight is 348 g/mol. The summed E-state index contributed by atoms with van der Waals surface area (Å²) in [5.41, 5.74) is 0. The van der Waals surface area contributed by atoms with Crippen LogP contribution in [0.5, 0.6) is 0 Å². The third-order valence-electron chi connectivity index (χ3n) is 4.82. The molecule has 1 aliphatic heterocycles. The topological polar surface area (TPSA) is 21.3 Å². The molecule has 0 amide bonds. The Balaban J connectivity index is 1.93. The summed E-state index contributed by atoms with van der Waals surface area (Å²) in [5.74, 6) is 0. The minimum Gasteiger partial charge on any atom is -0.358 e. The fraction of sp³-hybridized carbons (Fsp3) is 0.182. The molecular weight excluding hydrogens is 325 g/mol. The van der Waals surface area contributed by atoms with Crippen LogP contribution < -0.4 is 21.2 Å². The summed E-state index contributed by atoms with van der Waals surface area (Å²) in [7, 11) is -1.79. The summed E-state index contributed by atoms with van der Waals surface area (Å²) in [6, 6.07) is 32.9. The molecule has 0 saturated carbocycles. The van der Waals surface area contributed by atoms with Gasteiger partial charge in [-0.1, -0.05) is 54.6 Å². The van der Waals surface area contributed by atoms with E-state index in [0.717, 1.165) is 19.3 Å². The van der Waals surface area contributed by atoms with Gasteiger partial charge in [0.25, 0.3) is 0 Å². The molecule has 1 fully saturated rings. The van der Waals surface area contributed by atoms with Crippen LogP contribution in [0, 0.1) is 0 Å². The molecule has 3 aromatic rings. The normalized spacial score (nSPS) is 17.5. The first-order valence-corrected chi connectivity index (χ1v) is 10.8. The Morgan fingerprint density at radius 1 is 0.720 bits per heavy atom. The summed E-state index contributed by atoms with van der Waals surface area (Å²) in [5, 5.41) is 7.75. The predicted molar refractivity (Wildman–Crippen MR) is 108 cm³/mol. The van der Waals surface area contributed by atoms with Crippen LogP contribution in [0.3, 0.4) is 0 Å². The molecule has 0 bridgehead atoms. The zero-order valence-corrected chi connectivity index (χ0v) is 15.1. The number of ether oxygens (including phenoxy) is 1. The Hall–Kier alpha value is -1.99. The molecule has 0 radical (unpaired) electrons. The number of hydrogen-bond acceptors (Lipinski definition) is 2. The molecule has 0 spiro atoms. The van der Waals surface area contributed by atoms with Gasteiger partial charge in [-0.25, -0.2) is 0 Å². The van der Waals surface area contributed by atoms with Crippen molar-refractivity contribution in [1.82, 2.24) is 5.32 Å². The molecule has 1 heterocycles. The highest BCUT2D eigenvalue weighted by Gasteiger charge is 2.47. The van der Waals surface area contributed by atoms with Gasteiger partial charge in [-0.2, -0.15) is 0 Å². The molecule has 1 N–H and O–H groups in total. The lowest BCUT2D eigenvalue weighted by Gasteiger charge is -2.29. The third-order valence-corrected chi connectivity index (χ3v) is 9.24. The summed E-state index contributed by atoms with van der Waals surface area (Å²) < 4.78 is 5.99. The maximum absolute atomic E-state index is 5.99. The predicted octanol–water partition coefficient (Wildman–Crippen LogP) is 2.93. The SMILES string of the molecule is c1ccc([P+](CC2NCCO2)(c2ccccc2)c2ccccc2)cc1. The van der Waals surface area contributed by atoms with Gasteiger partial charge in [0.1, 0.15) is 35.6 Å². The molecule has 25 heavy (non-hydrogen) atoms. The van der Waals surface area contributed by atoms with Crippen LogP contribution >= 0.6 is 7.26 Å². The molecule has 3 aromatic carbocycles. The zero-order chi connectivity index (χ0) is 17.0. The maximum Gasteiger partial charge on any atom is 0.143 e. The van der Waals surface area contributed by atoms with Gasteiger partial charge in [-0.05, 0) is 36.4 Å². The lowest BCUT2D eigenvalue weighted by molar-refractivity contribution is 0.119. The van der Waals surface area contributed by atoms with Crippen molar-refractivity contribution in [3.63, 3.8) is 0 Å². The molecule has 1 unspecified atom stereocenters. The second-order valence-corrected chi connectivity index (χ2v) is 9.85. The fourth-order valence-electron chi connectivity index (χ4n) is 3.66. The van der Waals surface area contributed by atoms with E-state index in [1.54, 1.807) is 0 Å². The molecule has 1 aliphatic rings. The van der Waals surface area contributed by atoms with Gasteiger partial charge in [-0.15, -0.1) is 0 Å². The van der Waals surface area contributed by atoms with Crippen LogP contribution in [-0.4, -0.2) is 25.5 Å². The smallest absolute Gasteiger partial charge is 0.143 e. The Morgan fingerprint density at radius 2 is 1.16 bits per heavy atom. The van der Waals surface area contributed by atoms with E-state index in [4.69, 9.17) is 4.74 Å². The van der Waals surface area contributed by atoms with E-state index in [-0.39, 0.29) is 6.23 Å². The van der Waals surface area contributed by atoms with Crippen molar-refractivity contribution in [3.05, 3.63) is 91.0 Å². The Labute approximate surface area is 150 Å². The highest BCUT2D eigenvalue weighted by Crippen LogP contribution is 2.55. The van der Waals surface area contributed by atoms with E-state index in [1.165, 1.54) is 15.9 Å². The summed E-state index contributed by atoms with van der Waals surface area (Å²) in [4.78, 5) is 0. The molecule has 1 saturated heterocycles. The van der Waals surface area contributed by atoms with Gasteiger partial charge in [0.15, 0.2) is 0 Å². The number of nitrogens with one attached hydrogen (secondary N) is 1. The van der Waals surface area contributed by atoms with Crippen LogP contribution in [-0.2, 0) is 4.74 Å². The lowest BCUT2D eigenvalue weighted by Crippen LogP contribution is -2.40. The molecule has 3 heteroatoms. The van der Waals surface area contributed by atoms with Gasteiger partial charge < -0.3 is 4.74 Å². The van der Waals surface area contributed by atoms with E-state index in [9.17, 15) is 0 Å². The third kappa shape index (κ3) is 3.26. The van der Waals surface area contributed by atoms with Crippen molar-refractivity contribution in [3.8, 4) is 0 Å². The van der Waals surface area contributed by atoms with Crippen molar-refractivity contribution >= 4 is 23.2 Å². The lowest BCUT2D eigenvalue weighted by atomic mass is 10.4. The van der Waals surface area contributed by atoms with Crippen molar-refractivity contribution in [1.29, 1.82) is 0 Å².